The Morgan fingerprint density at radius 2 is 1.30 bits per heavy atom. The lowest BCUT2D eigenvalue weighted by Crippen LogP contribution is -2.58. The number of guanidine groups is 1. The zero-order valence-electron chi connectivity index (χ0n) is 16.2. The summed E-state index contributed by atoms with van der Waals surface area (Å²) >= 11 is 0. The average Bonchev–Trinajstić information content (AvgIpc) is 2.70. The normalized spacial score (nSPS) is 14.5. The third-order valence-corrected chi connectivity index (χ3v) is 3.72. The van der Waals surface area contributed by atoms with Crippen molar-refractivity contribution < 1.29 is 39.6 Å². The van der Waals surface area contributed by atoms with Gasteiger partial charge in [0.25, 0.3) is 0 Å². The van der Waals surface area contributed by atoms with Crippen LogP contribution < -0.4 is 33.2 Å². The molecule has 15 nitrogen and oxygen atoms in total. The number of hydrogen-bond donors (Lipinski definition) is 10. The maximum absolute atomic E-state index is 12.4. The molecule has 4 atom stereocenters. The van der Waals surface area contributed by atoms with Crippen LogP contribution >= 0.6 is 0 Å². The van der Waals surface area contributed by atoms with Crippen molar-refractivity contribution >= 4 is 29.7 Å². The molecule has 0 aromatic rings. The van der Waals surface area contributed by atoms with Gasteiger partial charge < -0.3 is 53.6 Å². The molecule has 0 aromatic carbocycles. The molecule has 0 saturated carbocycles. The van der Waals surface area contributed by atoms with Gasteiger partial charge in [-0.3, -0.25) is 19.4 Å². The number of aliphatic hydroxyl groups excluding tert-OH is 3. The molecule has 172 valence electrons. The molecular weight excluding hydrogens is 406 g/mol. The first-order valence-corrected chi connectivity index (χ1v) is 8.84. The number of aliphatic imine (C=N–C) groups is 1. The molecule has 0 saturated heterocycles. The predicted octanol–water partition coefficient (Wildman–Crippen LogP) is -6.12. The van der Waals surface area contributed by atoms with Crippen LogP contribution in [0, 0.1) is 0 Å². The molecule has 0 spiro atoms. The lowest BCUT2D eigenvalue weighted by atomic mass is 10.1. The van der Waals surface area contributed by atoms with E-state index in [1.165, 1.54) is 0 Å². The molecule has 4 unspecified atom stereocenters. The van der Waals surface area contributed by atoms with Gasteiger partial charge in [-0.05, 0) is 12.8 Å². The van der Waals surface area contributed by atoms with Crippen LogP contribution in [-0.4, -0.2) is 101 Å². The Balaban J connectivity index is 5.24. The Morgan fingerprint density at radius 1 is 0.800 bits per heavy atom. The number of hydrogen-bond acceptors (Lipinski definition) is 9. The number of carbonyl (C=O) groups is 4. The quantitative estimate of drug-likeness (QED) is 0.0696. The molecule has 0 heterocycles. The van der Waals surface area contributed by atoms with Crippen molar-refractivity contribution in [1.82, 2.24) is 16.0 Å². The van der Waals surface area contributed by atoms with Crippen molar-refractivity contribution in [2.24, 2.45) is 22.2 Å². The Bertz CT molecular complexity index is 626. The Kier molecular flexibility index (Phi) is 12.6. The number of nitrogens with two attached hydrogens (primary N) is 3. The minimum atomic E-state index is -1.61. The Labute approximate surface area is 171 Å². The molecule has 0 aliphatic carbocycles. The molecule has 0 fully saturated rings. The van der Waals surface area contributed by atoms with Gasteiger partial charge >= 0.3 is 5.97 Å². The summed E-state index contributed by atoms with van der Waals surface area (Å²) in [6.07, 6.45) is 0.174. The highest BCUT2D eigenvalue weighted by Crippen LogP contribution is 2.01. The minimum Gasteiger partial charge on any atom is -0.480 e. The van der Waals surface area contributed by atoms with Crippen LogP contribution in [0.15, 0.2) is 4.99 Å². The summed E-state index contributed by atoms with van der Waals surface area (Å²) in [6.45, 7) is -2.31. The van der Waals surface area contributed by atoms with Crippen molar-refractivity contribution in [2.45, 2.75) is 37.0 Å². The van der Waals surface area contributed by atoms with Gasteiger partial charge in [0.15, 0.2) is 5.96 Å². The first-order chi connectivity index (χ1) is 14.1. The lowest BCUT2D eigenvalue weighted by Gasteiger charge is -2.23. The van der Waals surface area contributed by atoms with Crippen LogP contribution in [0.4, 0.5) is 0 Å². The highest BCUT2D eigenvalue weighted by molar-refractivity contribution is 5.94. The van der Waals surface area contributed by atoms with Gasteiger partial charge in [-0.25, -0.2) is 4.79 Å². The summed E-state index contributed by atoms with van der Waals surface area (Å²) in [4.78, 5) is 51.2. The molecule has 15 heteroatoms. The Morgan fingerprint density at radius 3 is 1.77 bits per heavy atom. The molecule has 13 N–H and O–H groups in total. The molecule has 0 aromatic heterocycles. The van der Waals surface area contributed by atoms with E-state index in [1.807, 2.05) is 0 Å². The number of aliphatic carboxylic acids is 1. The zero-order valence-corrected chi connectivity index (χ0v) is 16.2. The fourth-order valence-electron chi connectivity index (χ4n) is 2.06. The maximum Gasteiger partial charge on any atom is 0.328 e. The monoisotopic (exact) mass is 435 g/mol. The largest absolute Gasteiger partial charge is 0.480 e. The first kappa shape index (κ1) is 27.0. The number of aliphatic hydroxyl groups is 3. The van der Waals surface area contributed by atoms with E-state index in [-0.39, 0.29) is 25.3 Å². The SMILES string of the molecule is NC(N)=NCCCC(NC(=O)C(CO)NC(=O)C(N)CO)C(=O)NC(CO)C(=O)O. The number of nitrogens with zero attached hydrogens (tertiary/aromatic N) is 1. The minimum absolute atomic E-state index is 0.0334. The van der Waals surface area contributed by atoms with E-state index in [1.54, 1.807) is 0 Å². The summed E-state index contributed by atoms with van der Waals surface area (Å²) in [5.41, 5.74) is 15.7. The number of carboxylic acid groups (broad SMARTS) is 1. The zero-order chi connectivity index (χ0) is 23.3. The van der Waals surface area contributed by atoms with Gasteiger partial charge in [-0.15, -0.1) is 0 Å². The van der Waals surface area contributed by atoms with Crippen molar-refractivity contribution in [2.75, 3.05) is 26.4 Å². The van der Waals surface area contributed by atoms with Crippen molar-refractivity contribution in [3.63, 3.8) is 0 Å². The summed E-state index contributed by atoms with van der Waals surface area (Å²) in [5.74, 6) is -4.48. The van der Waals surface area contributed by atoms with Crippen molar-refractivity contribution in [3.05, 3.63) is 0 Å². The third kappa shape index (κ3) is 9.97. The average molecular weight is 435 g/mol. The van der Waals surface area contributed by atoms with Crippen molar-refractivity contribution in [1.29, 1.82) is 0 Å². The fourth-order valence-corrected chi connectivity index (χ4v) is 2.06. The van der Waals surface area contributed by atoms with Gasteiger partial charge in [0.1, 0.15) is 24.2 Å². The second kappa shape index (κ2) is 14.0. The standard InChI is InChI=1S/C15H29N7O8/c16-7(4-23)11(26)21-9(5-24)13(28)20-8(2-1-3-19-15(17)18)12(27)22-10(6-25)14(29)30/h7-10,23-25H,1-6,16H2,(H,20,28)(H,21,26)(H,22,27)(H,29,30)(H4,17,18,19). The number of nitrogens with one attached hydrogen (secondary N) is 3. The molecule has 30 heavy (non-hydrogen) atoms. The van der Waals surface area contributed by atoms with E-state index in [9.17, 15) is 24.3 Å². The van der Waals surface area contributed by atoms with Crippen molar-refractivity contribution in [3.8, 4) is 0 Å². The maximum atomic E-state index is 12.4. The van der Waals surface area contributed by atoms with Gasteiger partial charge in [-0.1, -0.05) is 0 Å². The summed E-state index contributed by atoms with van der Waals surface area (Å²) in [5, 5.41) is 42.6. The highest BCUT2D eigenvalue weighted by atomic mass is 16.4. The topological polar surface area (TPSA) is 276 Å². The first-order valence-electron chi connectivity index (χ1n) is 8.84. The van der Waals surface area contributed by atoms with Gasteiger partial charge in [0, 0.05) is 6.54 Å². The Hall–Kier alpha value is -3.01. The van der Waals surface area contributed by atoms with Crippen LogP contribution in [0.2, 0.25) is 0 Å². The molecular formula is C15H29N7O8. The highest BCUT2D eigenvalue weighted by Gasteiger charge is 2.29. The van der Waals surface area contributed by atoms with Gasteiger partial charge in [0.05, 0.1) is 19.8 Å². The van der Waals surface area contributed by atoms with Crippen LogP contribution in [0.25, 0.3) is 0 Å². The van der Waals surface area contributed by atoms with E-state index < -0.39 is 67.7 Å². The predicted molar refractivity (Wildman–Crippen MR) is 103 cm³/mol. The van der Waals surface area contributed by atoms with E-state index >= 15 is 0 Å². The van der Waals surface area contributed by atoms with E-state index in [0.717, 1.165) is 0 Å². The molecule has 0 rings (SSSR count). The van der Waals surface area contributed by atoms with Gasteiger partial charge in [-0.2, -0.15) is 0 Å². The summed E-state index contributed by atoms with van der Waals surface area (Å²) in [6, 6.07) is -5.72. The van der Waals surface area contributed by atoms with Crippen LogP contribution in [0.1, 0.15) is 12.8 Å². The number of carboxylic acids is 1. The number of carbonyl (C=O) groups excluding carboxylic acids is 3. The van der Waals surface area contributed by atoms with Crippen LogP contribution in [-0.2, 0) is 19.2 Å². The lowest BCUT2D eigenvalue weighted by molar-refractivity contribution is -0.143. The van der Waals surface area contributed by atoms with Crippen LogP contribution in [0.3, 0.4) is 0 Å². The molecule has 0 aliphatic heterocycles. The van der Waals surface area contributed by atoms with Gasteiger partial charge in [0.2, 0.25) is 17.7 Å². The van der Waals surface area contributed by atoms with Crippen LogP contribution in [0.5, 0.6) is 0 Å². The summed E-state index contributed by atoms with van der Waals surface area (Å²) < 4.78 is 0. The molecule has 0 bridgehead atoms. The second-order valence-electron chi connectivity index (χ2n) is 6.12. The van der Waals surface area contributed by atoms with E-state index in [4.69, 9.17) is 32.5 Å². The van der Waals surface area contributed by atoms with E-state index in [2.05, 4.69) is 20.9 Å². The van der Waals surface area contributed by atoms with E-state index in [0.29, 0.717) is 0 Å². The molecule has 3 amide bonds. The summed E-state index contributed by atoms with van der Waals surface area (Å²) in [7, 11) is 0. The molecule has 0 aliphatic rings. The second-order valence-corrected chi connectivity index (χ2v) is 6.12. The molecule has 0 radical (unpaired) electrons. The number of rotatable bonds is 14. The number of amides is 3. The smallest absolute Gasteiger partial charge is 0.328 e. The third-order valence-electron chi connectivity index (χ3n) is 3.72. The fraction of sp³-hybridized carbons (Fsp3) is 0.667.